The van der Waals surface area contributed by atoms with Gasteiger partial charge in [0.25, 0.3) is 0 Å². The molecule has 0 saturated carbocycles. The maximum Gasteiger partial charge on any atom is 0.164 e. The Morgan fingerprint density at radius 3 is 1.77 bits per heavy atom. The van der Waals surface area contributed by atoms with E-state index in [9.17, 15) is 0 Å². The summed E-state index contributed by atoms with van der Waals surface area (Å²) in [5.41, 5.74) is 11.9. The van der Waals surface area contributed by atoms with Crippen molar-refractivity contribution in [2.24, 2.45) is 0 Å². The second-order valence-electron chi connectivity index (χ2n) is 14.5. The SMILES string of the molecule is CC1(C)c2ccccc2-c2cc3c(cc21)c1ccccc1n3-c1ccc2c(c1)sc1cc(-c3nc(-c4ccccc4)nc(-c4ccccc4)n3)ccc12. The molecule has 0 N–H and O–H groups in total. The van der Waals surface area contributed by atoms with Crippen molar-refractivity contribution in [3.05, 3.63) is 169 Å². The zero-order valence-corrected chi connectivity index (χ0v) is 30.0. The Morgan fingerprint density at radius 1 is 0.434 bits per heavy atom. The van der Waals surface area contributed by atoms with Crippen LogP contribution >= 0.6 is 11.3 Å². The summed E-state index contributed by atoms with van der Waals surface area (Å²) in [6, 6.07) is 56.4. The Bertz CT molecular complexity index is 3020. The van der Waals surface area contributed by atoms with E-state index in [1.165, 1.54) is 69.9 Å². The van der Waals surface area contributed by atoms with Crippen LogP contribution in [0, 0.1) is 0 Å². The molecule has 0 saturated heterocycles. The fourth-order valence-corrected chi connectivity index (χ4v) is 9.60. The molecule has 11 rings (SSSR count). The molecule has 0 unspecified atom stereocenters. The minimum atomic E-state index is -0.0499. The van der Waals surface area contributed by atoms with Crippen LogP contribution in [0.15, 0.2) is 158 Å². The highest BCUT2D eigenvalue weighted by molar-refractivity contribution is 7.25. The van der Waals surface area contributed by atoms with Gasteiger partial charge in [0, 0.05) is 58.7 Å². The minimum absolute atomic E-state index is 0.0499. The highest BCUT2D eigenvalue weighted by Crippen LogP contribution is 2.51. The van der Waals surface area contributed by atoms with Gasteiger partial charge in [0.05, 0.1) is 11.0 Å². The number of hydrogen-bond donors (Lipinski definition) is 0. The third-order valence-corrected chi connectivity index (χ3v) is 12.2. The second kappa shape index (κ2) is 11.3. The molecule has 5 heteroatoms. The molecule has 3 heterocycles. The van der Waals surface area contributed by atoms with Gasteiger partial charge in [-0.3, -0.25) is 0 Å². The number of nitrogens with zero attached hydrogens (tertiary/aromatic N) is 4. The quantitative estimate of drug-likeness (QED) is 0.184. The number of fused-ring (bicyclic) bond motifs is 9. The fraction of sp³-hybridized carbons (Fsp3) is 0.0625. The lowest BCUT2D eigenvalue weighted by atomic mass is 9.82. The molecule has 1 aliphatic rings. The van der Waals surface area contributed by atoms with Gasteiger partial charge in [0.1, 0.15) is 0 Å². The monoisotopic (exact) mass is 696 g/mol. The molecular weight excluding hydrogens is 665 g/mol. The van der Waals surface area contributed by atoms with Gasteiger partial charge in [-0.25, -0.2) is 15.0 Å². The number of rotatable bonds is 4. The van der Waals surface area contributed by atoms with E-state index in [-0.39, 0.29) is 5.41 Å². The van der Waals surface area contributed by atoms with Gasteiger partial charge in [0.15, 0.2) is 17.5 Å². The first-order valence-electron chi connectivity index (χ1n) is 18.0. The average molecular weight is 697 g/mol. The van der Waals surface area contributed by atoms with Crippen LogP contribution in [0.5, 0.6) is 0 Å². The van der Waals surface area contributed by atoms with Crippen LogP contribution in [0.1, 0.15) is 25.0 Å². The summed E-state index contributed by atoms with van der Waals surface area (Å²) in [7, 11) is 0. The van der Waals surface area contributed by atoms with Gasteiger partial charge in [-0.05, 0) is 58.7 Å². The maximum atomic E-state index is 4.99. The topological polar surface area (TPSA) is 43.6 Å². The Balaban J connectivity index is 1.07. The second-order valence-corrected chi connectivity index (χ2v) is 15.6. The first-order chi connectivity index (χ1) is 26.0. The molecule has 3 aromatic heterocycles. The minimum Gasteiger partial charge on any atom is -0.309 e. The molecule has 0 fully saturated rings. The lowest BCUT2D eigenvalue weighted by molar-refractivity contribution is 0.661. The number of para-hydroxylation sites is 1. The van der Waals surface area contributed by atoms with Gasteiger partial charge >= 0.3 is 0 Å². The summed E-state index contributed by atoms with van der Waals surface area (Å²) >= 11 is 1.82. The van der Waals surface area contributed by atoms with E-state index < -0.39 is 0 Å². The zero-order valence-electron chi connectivity index (χ0n) is 29.2. The predicted octanol–water partition coefficient (Wildman–Crippen LogP) is 12.6. The largest absolute Gasteiger partial charge is 0.309 e. The normalized spacial score (nSPS) is 13.2. The van der Waals surface area contributed by atoms with Gasteiger partial charge in [-0.2, -0.15) is 0 Å². The number of benzene rings is 7. The molecule has 4 nitrogen and oxygen atoms in total. The maximum absolute atomic E-state index is 4.99. The molecule has 0 radical (unpaired) electrons. The number of thiophene rings is 1. The zero-order chi connectivity index (χ0) is 35.3. The molecule has 7 aromatic carbocycles. The molecule has 1 aliphatic carbocycles. The molecule has 10 aromatic rings. The van der Waals surface area contributed by atoms with E-state index in [2.05, 4.69) is 115 Å². The molecule has 0 atom stereocenters. The van der Waals surface area contributed by atoms with Crippen molar-refractivity contribution in [3.8, 4) is 51.0 Å². The van der Waals surface area contributed by atoms with E-state index in [0.29, 0.717) is 17.5 Å². The molecule has 0 amide bonds. The highest BCUT2D eigenvalue weighted by atomic mass is 32.1. The molecule has 0 spiro atoms. The van der Waals surface area contributed by atoms with Crippen molar-refractivity contribution in [1.29, 1.82) is 0 Å². The van der Waals surface area contributed by atoms with E-state index in [0.717, 1.165) is 16.7 Å². The first-order valence-corrected chi connectivity index (χ1v) is 18.8. The van der Waals surface area contributed by atoms with Crippen molar-refractivity contribution < 1.29 is 0 Å². The molecule has 250 valence electrons. The standard InChI is InChI=1S/C48H32N4S/c1-48(2)39-19-11-9-17-33(39)37-28-42-38(27-40(37)48)34-18-10-12-20-41(34)52(42)32-22-24-36-35-23-21-31(25-43(35)53-44(36)26-32)47-50-45(29-13-5-3-6-14-29)49-46(51-47)30-15-7-4-8-16-30/h3-28H,1-2H3. The van der Waals surface area contributed by atoms with Gasteiger partial charge in [-0.15, -0.1) is 11.3 Å². The first kappa shape index (κ1) is 30.2. The van der Waals surface area contributed by atoms with Gasteiger partial charge in [-0.1, -0.05) is 135 Å². The lowest BCUT2D eigenvalue weighted by Gasteiger charge is -2.21. The third-order valence-electron chi connectivity index (χ3n) is 11.0. The van der Waals surface area contributed by atoms with E-state index in [1.54, 1.807) is 0 Å². The lowest BCUT2D eigenvalue weighted by Crippen LogP contribution is -2.14. The van der Waals surface area contributed by atoms with Crippen LogP contribution in [0.3, 0.4) is 0 Å². The van der Waals surface area contributed by atoms with Crippen LogP contribution < -0.4 is 0 Å². The number of aromatic nitrogens is 4. The molecule has 53 heavy (non-hydrogen) atoms. The third kappa shape index (κ3) is 4.57. The Morgan fingerprint density at radius 2 is 1.04 bits per heavy atom. The van der Waals surface area contributed by atoms with Crippen LogP contribution in [0.25, 0.3) is 93.0 Å². The summed E-state index contributed by atoms with van der Waals surface area (Å²) in [4.78, 5) is 14.9. The van der Waals surface area contributed by atoms with E-state index >= 15 is 0 Å². The summed E-state index contributed by atoms with van der Waals surface area (Å²) in [5, 5.41) is 5.06. The van der Waals surface area contributed by atoms with Crippen LogP contribution in [-0.2, 0) is 5.41 Å². The Hall–Kier alpha value is -6.43. The van der Waals surface area contributed by atoms with Gasteiger partial charge in [0.2, 0.25) is 0 Å². The highest BCUT2D eigenvalue weighted by Gasteiger charge is 2.36. The van der Waals surface area contributed by atoms with Crippen molar-refractivity contribution in [2.45, 2.75) is 19.3 Å². The Labute approximate surface area is 310 Å². The van der Waals surface area contributed by atoms with Crippen LogP contribution in [-0.4, -0.2) is 19.5 Å². The number of hydrogen-bond acceptors (Lipinski definition) is 4. The van der Waals surface area contributed by atoms with Crippen molar-refractivity contribution >= 4 is 53.3 Å². The summed E-state index contributed by atoms with van der Waals surface area (Å²) in [6.45, 7) is 4.71. The van der Waals surface area contributed by atoms with Gasteiger partial charge < -0.3 is 4.57 Å². The predicted molar refractivity (Wildman–Crippen MR) is 221 cm³/mol. The molecule has 0 aliphatic heterocycles. The molecule has 0 bridgehead atoms. The Kier molecular flexibility index (Phi) is 6.43. The van der Waals surface area contributed by atoms with Crippen molar-refractivity contribution in [2.75, 3.05) is 0 Å². The van der Waals surface area contributed by atoms with Crippen LogP contribution in [0.4, 0.5) is 0 Å². The average Bonchev–Trinajstić information content (AvgIpc) is 3.82. The van der Waals surface area contributed by atoms with Crippen LogP contribution in [0.2, 0.25) is 0 Å². The smallest absolute Gasteiger partial charge is 0.164 e. The van der Waals surface area contributed by atoms with Crippen molar-refractivity contribution in [1.82, 2.24) is 19.5 Å². The fourth-order valence-electron chi connectivity index (χ4n) is 8.42. The van der Waals surface area contributed by atoms with Crippen molar-refractivity contribution in [3.63, 3.8) is 0 Å². The molecular formula is C48H32N4S. The van der Waals surface area contributed by atoms with E-state index in [1.807, 2.05) is 72.0 Å². The summed E-state index contributed by atoms with van der Waals surface area (Å²) in [6.07, 6.45) is 0. The summed E-state index contributed by atoms with van der Waals surface area (Å²) < 4.78 is 4.91. The van der Waals surface area contributed by atoms with E-state index in [4.69, 9.17) is 15.0 Å². The summed E-state index contributed by atoms with van der Waals surface area (Å²) in [5.74, 6) is 2.00.